The topological polar surface area (TPSA) is 84.7 Å². The van der Waals surface area contributed by atoms with Gasteiger partial charge >= 0.3 is 0 Å². The Morgan fingerprint density at radius 1 is 1.17 bits per heavy atom. The summed E-state index contributed by atoms with van der Waals surface area (Å²) < 4.78 is 5.37. The van der Waals surface area contributed by atoms with Gasteiger partial charge in [-0.2, -0.15) is 0 Å². The molecule has 1 amide bonds. The van der Waals surface area contributed by atoms with Gasteiger partial charge in [-0.1, -0.05) is 56.3 Å². The molecule has 2 aromatic carbocycles. The van der Waals surface area contributed by atoms with Crippen molar-refractivity contribution in [3.63, 3.8) is 0 Å². The molecule has 1 atom stereocenters. The van der Waals surface area contributed by atoms with E-state index in [1.54, 1.807) is 6.07 Å². The molecule has 0 saturated carbocycles. The Kier molecular flexibility index (Phi) is 7.54. The van der Waals surface area contributed by atoms with E-state index in [2.05, 4.69) is 5.32 Å². The maximum atomic E-state index is 13.1. The third-order valence-electron chi connectivity index (χ3n) is 5.41. The SMILES string of the molecule is CC(C)c1ccc(CNCC(C(=O)N2CCOCC2)c2ccccc2)cc1[N+](=O)[O-]. The monoisotopic (exact) mass is 411 g/mol. The highest BCUT2D eigenvalue weighted by molar-refractivity contribution is 5.84. The van der Waals surface area contributed by atoms with Crippen molar-refractivity contribution >= 4 is 11.6 Å². The van der Waals surface area contributed by atoms with Crippen LogP contribution >= 0.6 is 0 Å². The Hall–Kier alpha value is -2.77. The van der Waals surface area contributed by atoms with Gasteiger partial charge in [-0.15, -0.1) is 0 Å². The molecule has 3 rings (SSSR count). The number of nitrogens with one attached hydrogen (secondary N) is 1. The van der Waals surface area contributed by atoms with Crippen LogP contribution in [0.5, 0.6) is 0 Å². The van der Waals surface area contributed by atoms with E-state index in [1.165, 1.54) is 0 Å². The summed E-state index contributed by atoms with van der Waals surface area (Å²) in [5, 5.41) is 14.8. The first-order chi connectivity index (χ1) is 14.5. The van der Waals surface area contributed by atoms with Crippen molar-refractivity contribution in [3.8, 4) is 0 Å². The zero-order valence-electron chi connectivity index (χ0n) is 17.5. The van der Waals surface area contributed by atoms with E-state index >= 15 is 0 Å². The van der Waals surface area contributed by atoms with E-state index in [0.717, 1.165) is 16.7 Å². The minimum Gasteiger partial charge on any atom is -0.378 e. The Bertz CT molecular complexity index is 864. The summed E-state index contributed by atoms with van der Waals surface area (Å²) >= 11 is 0. The number of nitrogens with zero attached hydrogens (tertiary/aromatic N) is 2. The molecule has 0 aromatic heterocycles. The number of nitro groups is 1. The lowest BCUT2D eigenvalue weighted by atomic mass is 9.96. The predicted molar refractivity (Wildman–Crippen MR) is 115 cm³/mol. The predicted octanol–water partition coefficient (Wildman–Crippen LogP) is 3.45. The number of hydrogen-bond donors (Lipinski definition) is 1. The zero-order chi connectivity index (χ0) is 21.5. The van der Waals surface area contributed by atoms with Gasteiger partial charge in [0.2, 0.25) is 5.91 Å². The lowest BCUT2D eigenvalue weighted by Gasteiger charge is -2.30. The average molecular weight is 412 g/mol. The molecule has 7 nitrogen and oxygen atoms in total. The van der Waals surface area contributed by atoms with E-state index < -0.39 is 0 Å². The highest BCUT2D eigenvalue weighted by Crippen LogP contribution is 2.27. The molecule has 1 unspecified atom stereocenters. The summed E-state index contributed by atoms with van der Waals surface area (Å²) in [6.07, 6.45) is 0. The van der Waals surface area contributed by atoms with E-state index in [0.29, 0.717) is 39.4 Å². The molecule has 0 bridgehead atoms. The van der Waals surface area contributed by atoms with Crippen LogP contribution in [0.4, 0.5) is 5.69 Å². The van der Waals surface area contributed by atoms with Crippen LogP contribution in [0.2, 0.25) is 0 Å². The summed E-state index contributed by atoms with van der Waals surface area (Å²) in [5.41, 5.74) is 2.67. The highest BCUT2D eigenvalue weighted by atomic mass is 16.6. The molecular weight excluding hydrogens is 382 g/mol. The van der Waals surface area contributed by atoms with Gasteiger partial charge in [0.15, 0.2) is 0 Å². The number of benzene rings is 2. The zero-order valence-corrected chi connectivity index (χ0v) is 17.5. The van der Waals surface area contributed by atoms with E-state index in [4.69, 9.17) is 4.74 Å². The lowest BCUT2D eigenvalue weighted by molar-refractivity contribution is -0.385. The van der Waals surface area contributed by atoms with Crippen LogP contribution in [0, 0.1) is 10.1 Å². The molecule has 0 aliphatic carbocycles. The Labute approximate surface area is 177 Å². The fourth-order valence-electron chi connectivity index (χ4n) is 3.74. The number of nitro benzene ring substituents is 1. The maximum absolute atomic E-state index is 13.1. The van der Waals surface area contributed by atoms with Gasteiger partial charge in [0.25, 0.3) is 5.69 Å². The van der Waals surface area contributed by atoms with Crippen molar-refractivity contribution in [1.29, 1.82) is 0 Å². The van der Waals surface area contributed by atoms with Crippen LogP contribution in [0.25, 0.3) is 0 Å². The Balaban J connectivity index is 1.71. The van der Waals surface area contributed by atoms with Gasteiger partial charge in [0.1, 0.15) is 0 Å². The average Bonchev–Trinajstić information content (AvgIpc) is 2.77. The first-order valence-electron chi connectivity index (χ1n) is 10.4. The van der Waals surface area contributed by atoms with Gasteiger partial charge in [0.05, 0.1) is 24.1 Å². The van der Waals surface area contributed by atoms with Crippen LogP contribution in [0.1, 0.15) is 42.4 Å². The molecule has 0 radical (unpaired) electrons. The minimum atomic E-state index is -0.326. The molecule has 7 heteroatoms. The molecule has 1 aliphatic heterocycles. The Morgan fingerprint density at radius 2 is 1.87 bits per heavy atom. The molecule has 1 aliphatic rings. The fourth-order valence-corrected chi connectivity index (χ4v) is 3.74. The second-order valence-corrected chi connectivity index (χ2v) is 7.84. The Morgan fingerprint density at radius 3 is 2.50 bits per heavy atom. The molecule has 1 saturated heterocycles. The van der Waals surface area contributed by atoms with Gasteiger partial charge in [-0.3, -0.25) is 14.9 Å². The van der Waals surface area contributed by atoms with E-state index in [1.807, 2.05) is 61.2 Å². The number of amides is 1. The number of rotatable bonds is 8. The van der Waals surface area contributed by atoms with Crippen LogP contribution in [-0.2, 0) is 16.1 Å². The minimum absolute atomic E-state index is 0.0816. The van der Waals surface area contributed by atoms with Crippen molar-refractivity contribution in [1.82, 2.24) is 10.2 Å². The van der Waals surface area contributed by atoms with Gasteiger partial charge in [0, 0.05) is 37.8 Å². The smallest absolute Gasteiger partial charge is 0.273 e. The van der Waals surface area contributed by atoms with Crippen LogP contribution in [-0.4, -0.2) is 48.6 Å². The van der Waals surface area contributed by atoms with Gasteiger partial charge < -0.3 is 15.0 Å². The van der Waals surface area contributed by atoms with Crippen molar-refractivity contribution < 1.29 is 14.5 Å². The van der Waals surface area contributed by atoms with Crippen molar-refractivity contribution in [3.05, 3.63) is 75.3 Å². The standard InChI is InChI=1S/C23H29N3O4/c1-17(2)20-9-8-18(14-22(20)26(28)29)15-24-16-21(19-6-4-3-5-7-19)23(27)25-10-12-30-13-11-25/h3-9,14,17,21,24H,10-13,15-16H2,1-2H3. The van der Waals surface area contributed by atoms with E-state index in [-0.39, 0.29) is 28.4 Å². The molecule has 30 heavy (non-hydrogen) atoms. The fraction of sp³-hybridized carbons (Fsp3) is 0.435. The molecule has 1 heterocycles. The molecule has 1 fully saturated rings. The van der Waals surface area contributed by atoms with Gasteiger partial charge in [-0.25, -0.2) is 0 Å². The summed E-state index contributed by atoms with van der Waals surface area (Å²) in [6, 6.07) is 15.1. The summed E-state index contributed by atoms with van der Waals surface area (Å²) in [6.45, 7) is 7.14. The number of carbonyl (C=O) groups excluding carboxylic acids is 1. The van der Waals surface area contributed by atoms with Crippen molar-refractivity contribution in [2.45, 2.75) is 32.2 Å². The maximum Gasteiger partial charge on any atom is 0.273 e. The first kappa shape index (κ1) is 21.9. The number of hydrogen-bond acceptors (Lipinski definition) is 5. The van der Waals surface area contributed by atoms with Crippen LogP contribution < -0.4 is 5.32 Å². The summed E-state index contributed by atoms with van der Waals surface area (Å²) in [7, 11) is 0. The molecule has 0 spiro atoms. The lowest BCUT2D eigenvalue weighted by Crippen LogP contribution is -2.45. The first-order valence-corrected chi connectivity index (χ1v) is 10.4. The molecule has 1 N–H and O–H groups in total. The van der Waals surface area contributed by atoms with Gasteiger partial charge in [-0.05, 0) is 17.0 Å². The van der Waals surface area contributed by atoms with E-state index in [9.17, 15) is 14.9 Å². The largest absolute Gasteiger partial charge is 0.378 e. The van der Waals surface area contributed by atoms with Crippen molar-refractivity contribution in [2.24, 2.45) is 0 Å². The number of morpholine rings is 1. The third kappa shape index (κ3) is 5.43. The normalized spacial score (nSPS) is 15.2. The highest BCUT2D eigenvalue weighted by Gasteiger charge is 2.27. The van der Waals surface area contributed by atoms with Crippen molar-refractivity contribution in [2.75, 3.05) is 32.8 Å². The summed E-state index contributed by atoms with van der Waals surface area (Å²) in [5.74, 6) is -0.145. The van der Waals surface area contributed by atoms with Crippen LogP contribution in [0.3, 0.4) is 0 Å². The third-order valence-corrected chi connectivity index (χ3v) is 5.41. The van der Waals surface area contributed by atoms with Crippen LogP contribution in [0.15, 0.2) is 48.5 Å². The summed E-state index contributed by atoms with van der Waals surface area (Å²) in [4.78, 5) is 26.1. The number of ether oxygens (including phenoxy) is 1. The quantitative estimate of drug-likeness (QED) is 0.531. The molecule has 2 aromatic rings. The number of carbonyl (C=O) groups is 1. The molecular formula is C23H29N3O4. The molecule has 160 valence electrons. The second-order valence-electron chi connectivity index (χ2n) is 7.84. The second kappa shape index (κ2) is 10.3.